The van der Waals surface area contributed by atoms with E-state index in [9.17, 15) is 22.0 Å². The van der Waals surface area contributed by atoms with Crippen LogP contribution in [0.5, 0.6) is 0 Å². The van der Waals surface area contributed by atoms with Crippen LogP contribution in [-0.4, -0.2) is 12.7 Å². The fraction of sp³-hybridized carbons (Fsp3) is 0.538. The maximum absolute atomic E-state index is 13.7. The lowest BCUT2D eigenvalue weighted by Crippen LogP contribution is -2.28. The van der Waals surface area contributed by atoms with Gasteiger partial charge < -0.3 is 5.32 Å². The van der Waals surface area contributed by atoms with Crippen LogP contribution in [0.25, 0.3) is 0 Å². The van der Waals surface area contributed by atoms with Gasteiger partial charge in [-0.3, -0.25) is 0 Å². The molecule has 1 nitrogen and oxygen atoms in total. The molecule has 0 aliphatic heterocycles. The SMILES string of the molecule is CCCNC(CC(F)(F)F)c1cc(F)c(C)cc1F. The van der Waals surface area contributed by atoms with Gasteiger partial charge in [0.05, 0.1) is 6.42 Å². The summed E-state index contributed by atoms with van der Waals surface area (Å²) in [5.74, 6) is -1.53. The molecule has 108 valence electrons. The van der Waals surface area contributed by atoms with Gasteiger partial charge >= 0.3 is 6.18 Å². The van der Waals surface area contributed by atoms with Gasteiger partial charge in [0.1, 0.15) is 11.6 Å². The molecule has 1 unspecified atom stereocenters. The minimum atomic E-state index is -4.45. The quantitative estimate of drug-likeness (QED) is 0.795. The van der Waals surface area contributed by atoms with Crippen molar-refractivity contribution in [2.24, 2.45) is 0 Å². The fourth-order valence-electron chi connectivity index (χ4n) is 1.77. The van der Waals surface area contributed by atoms with E-state index >= 15 is 0 Å². The van der Waals surface area contributed by atoms with Crippen LogP contribution in [0.3, 0.4) is 0 Å². The number of hydrogen-bond donors (Lipinski definition) is 1. The lowest BCUT2D eigenvalue weighted by molar-refractivity contribution is -0.140. The van der Waals surface area contributed by atoms with E-state index in [0.29, 0.717) is 13.0 Å². The zero-order chi connectivity index (χ0) is 14.6. The molecule has 0 aliphatic carbocycles. The molecule has 0 bridgehead atoms. The largest absolute Gasteiger partial charge is 0.390 e. The van der Waals surface area contributed by atoms with E-state index < -0.39 is 30.3 Å². The van der Waals surface area contributed by atoms with Crippen molar-refractivity contribution < 1.29 is 22.0 Å². The number of hydrogen-bond acceptors (Lipinski definition) is 1. The summed E-state index contributed by atoms with van der Waals surface area (Å²) in [6.07, 6.45) is -5.07. The van der Waals surface area contributed by atoms with Gasteiger partial charge in [0.15, 0.2) is 0 Å². The number of rotatable bonds is 5. The Morgan fingerprint density at radius 1 is 1.16 bits per heavy atom. The zero-order valence-electron chi connectivity index (χ0n) is 10.7. The molecular weight excluding hydrogens is 265 g/mol. The highest BCUT2D eigenvalue weighted by Gasteiger charge is 2.33. The molecular formula is C13H16F5N. The van der Waals surface area contributed by atoms with Crippen LogP contribution in [0.4, 0.5) is 22.0 Å². The van der Waals surface area contributed by atoms with Gasteiger partial charge in [0.25, 0.3) is 0 Å². The van der Waals surface area contributed by atoms with Crippen molar-refractivity contribution in [2.45, 2.75) is 38.9 Å². The molecule has 19 heavy (non-hydrogen) atoms. The molecule has 0 fully saturated rings. The van der Waals surface area contributed by atoms with Crippen molar-refractivity contribution in [1.82, 2.24) is 5.32 Å². The summed E-state index contributed by atoms with van der Waals surface area (Å²) < 4.78 is 64.5. The van der Waals surface area contributed by atoms with Crippen molar-refractivity contribution in [3.05, 3.63) is 34.9 Å². The van der Waals surface area contributed by atoms with Crippen LogP contribution >= 0.6 is 0 Å². The normalized spacial score (nSPS) is 13.6. The molecule has 1 rings (SSSR count). The van der Waals surface area contributed by atoms with E-state index in [1.807, 2.05) is 0 Å². The molecule has 0 aromatic heterocycles. The monoisotopic (exact) mass is 281 g/mol. The summed E-state index contributed by atoms with van der Waals surface area (Å²) in [5.41, 5.74) is -0.212. The zero-order valence-corrected chi connectivity index (χ0v) is 10.7. The predicted molar refractivity (Wildman–Crippen MR) is 62.8 cm³/mol. The Labute approximate surface area is 108 Å². The van der Waals surface area contributed by atoms with Gasteiger partial charge in [-0.25, -0.2) is 8.78 Å². The highest BCUT2D eigenvalue weighted by molar-refractivity contribution is 5.27. The minimum absolute atomic E-state index is 0.0718. The molecule has 0 amide bonds. The predicted octanol–water partition coefficient (Wildman–Crippen LogP) is 4.27. The summed E-state index contributed by atoms with van der Waals surface area (Å²) in [6.45, 7) is 3.44. The van der Waals surface area contributed by atoms with Gasteiger partial charge in [-0.2, -0.15) is 13.2 Å². The second-order valence-corrected chi connectivity index (χ2v) is 4.45. The summed E-state index contributed by atoms with van der Waals surface area (Å²) >= 11 is 0. The van der Waals surface area contributed by atoms with Crippen molar-refractivity contribution in [1.29, 1.82) is 0 Å². The lowest BCUT2D eigenvalue weighted by Gasteiger charge is -2.21. The topological polar surface area (TPSA) is 12.0 Å². The van der Waals surface area contributed by atoms with E-state index in [-0.39, 0.29) is 11.1 Å². The fourth-order valence-corrected chi connectivity index (χ4v) is 1.77. The molecule has 0 saturated heterocycles. The van der Waals surface area contributed by atoms with E-state index in [4.69, 9.17) is 0 Å². The second kappa shape index (κ2) is 6.32. The number of halogens is 5. The molecule has 1 aromatic rings. The minimum Gasteiger partial charge on any atom is -0.310 e. The molecule has 0 heterocycles. The molecule has 1 atom stereocenters. The van der Waals surface area contributed by atoms with Gasteiger partial charge in [-0.1, -0.05) is 6.92 Å². The van der Waals surface area contributed by atoms with E-state index in [2.05, 4.69) is 5.32 Å². The smallest absolute Gasteiger partial charge is 0.310 e. The van der Waals surface area contributed by atoms with Crippen LogP contribution in [-0.2, 0) is 0 Å². The first kappa shape index (κ1) is 15.9. The van der Waals surface area contributed by atoms with E-state index in [1.165, 1.54) is 6.92 Å². The first-order valence-corrected chi connectivity index (χ1v) is 6.00. The van der Waals surface area contributed by atoms with Crippen molar-refractivity contribution in [3.8, 4) is 0 Å². The Balaban J connectivity index is 3.06. The number of nitrogens with one attached hydrogen (secondary N) is 1. The van der Waals surface area contributed by atoms with Crippen molar-refractivity contribution in [3.63, 3.8) is 0 Å². The van der Waals surface area contributed by atoms with Gasteiger partial charge in [-0.15, -0.1) is 0 Å². The summed E-state index contributed by atoms with van der Waals surface area (Å²) in [6, 6.07) is 0.487. The summed E-state index contributed by atoms with van der Waals surface area (Å²) in [5, 5.41) is 2.60. The van der Waals surface area contributed by atoms with Gasteiger partial charge in [0.2, 0.25) is 0 Å². The molecule has 1 N–H and O–H groups in total. The third kappa shape index (κ3) is 4.78. The molecule has 0 aliphatic rings. The molecule has 6 heteroatoms. The number of benzene rings is 1. The average molecular weight is 281 g/mol. The maximum atomic E-state index is 13.7. The van der Waals surface area contributed by atoms with E-state index in [0.717, 1.165) is 12.1 Å². The molecule has 0 spiro atoms. The summed E-state index contributed by atoms with van der Waals surface area (Å²) in [4.78, 5) is 0. The van der Waals surface area contributed by atoms with Gasteiger partial charge in [-0.05, 0) is 37.6 Å². The first-order valence-electron chi connectivity index (χ1n) is 6.00. The number of aryl methyl sites for hydroxylation is 1. The van der Waals surface area contributed by atoms with Crippen LogP contribution in [0.1, 0.15) is 36.9 Å². The first-order chi connectivity index (χ1) is 8.74. The van der Waals surface area contributed by atoms with E-state index in [1.54, 1.807) is 6.92 Å². The highest BCUT2D eigenvalue weighted by Crippen LogP contribution is 2.31. The Bertz CT molecular complexity index is 428. The van der Waals surface area contributed by atoms with Crippen molar-refractivity contribution >= 4 is 0 Å². The van der Waals surface area contributed by atoms with Crippen LogP contribution in [0.15, 0.2) is 12.1 Å². The Morgan fingerprint density at radius 3 is 2.32 bits per heavy atom. The Morgan fingerprint density at radius 2 is 1.79 bits per heavy atom. The standard InChI is InChI=1S/C13H16F5N/c1-3-4-19-12(7-13(16,17)18)9-6-10(14)8(2)5-11(9)15/h5-6,12,19H,3-4,7H2,1-2H3. The van der Waals surface area contributed by atoms with Crippen molar-refractivity contribution in [2.75, 3.05) is 6.54 Å². The Kier molecular flexibility index (Phi) is 5.29. The maximum Gasteiger partial charge on any atom is 0.390 e. The van der Waals surface area contributed by atoms with Crippen LogP contribution in [0, 0.1) is 18.6 Å². The lowest BCUT2D eigenvalue weighted by atomic mass is 10.0. The average Bonchev–Trinajstić information content (AvgIpc) is 2.28. The third-order valence-electron chi connectivity index (χ3n) is 2.73. The third-order valence-corrected chi connectivity index (χ3v) is 2.73. The van der Waals surface area contributed by atoms with Crippen LogP contribution < -0.4 is 5.32 Å². The summed E-state index contributed by atoms with van der Waals surface area (Å²) in [7, 11) is 0. The molecule has 0 saturated carbocycles. The van der Waals surface area contributed by atoms with Crippen LogP contribution in [0.2, 0.25) is 0 Å². The molecule has 0 radical (unpaired) electrons. The Hall–Kier alpha value is -1.17. The second-order valence-electron chi connectivity index (χ2n) is 4.45. The van der Waals surface area contributed by atoms with Gasteiger partial charge in [0, 0.05) is 11.6 Å². The number of alkyl halides is 3. The highest BCUT2D eigenvalue weighted by atomic mass is 19.4. The molecule has 1 aromatic carbocycles.